The van der Waals surface area contributed by atoms with Gasteiger partial charge in [-0.2, -0.15) is 0 Å². The van der Waals surface area contributed by atoms with Gasteiger partial charge in [-0.1, -0.05) is 68.2 Å². The van der Waals surface area contributed by atoms with Gasteiger partial charge < -0.3 is 57.3 Å². The number of carbonyl (C=O) groups is 9. The lowest BCUT2D eigenvalue weighted by Gasteiger charge is -2.36. The second-order valence-corrected chi connectivity index (χ2v) is 24.9. The fourth-order valence-electron chi connectivity index (χ4n) is 11.3. The van der Waals surface area contributed by atoms with Crippen molar-refractivity contribution in [2.45, 2.75) is 146 Å². The number of ether oxygens (including phenoxy) is 9. The average Bonchev–Trinajstić information content (AvgIpc) is 3.50. The quantitative estimate of drug-likeness (QED) is 0.0245. The third-order valence-corrected chi connectivity index (χ3v) is 17.4. The summed E-state index contributed by atoms with van der Waals surface area (Å²) < 4.78 is 48.9. The van der Waals surface area contributed by atoms with E-state index in [1.165, 1.54) is 0 Å². The van der Waals surface area contributed by atoms with Crippen molar-refractivity contribution in [1.29, 1.82) is 0 Å². The van der Waals surface area contributed by atoms with Crippen molar-refractivity contribution in [3.05, 3.63) is 36.5 Å². The first-order chi connectivity index (χ1) is 40.7. The number of carbonyl (C=O) groups excluding carboxylic acids is 9. The van der Waals surface area contributed by atoms with Crippen LogP contribution >= 0.6 is 0 Å². The third-order valence-electron chi connectivity index (χ3n) is 17.4. The highest BCUT2D eigenvalue weighted by molar-refractivity contribution is 5.87. The molecule has 0 aliphatic carbocycles. The molecule has 21 nitrogen and oxygen atoms in total. The van der Waals surface area contributed by atoms with Crippen molar-refractivity contribution in [2.24, 2.45) is 58.7 Å². The van der Waals surface area contributed by atoms with Gasteiger partial charge in [0.15, 0.2) is 0 Å². The maximum Gasteiger partial charge on any atom is 0.333 e. The number of nitrogens with zero attached hydrogens (tertiary/aromatic N) is 3. The van der Waals surface area contributed by atoms with Crippen LogP contribution in [0.4, 0.5) is 0 Å². The first-order valence-corrected chi connectivity index (χ1v) is 31.3. The minimum Gasteiger partial charge on any atom is -0.465 e. The lowest BCUT2D eigenvalue weighted by atomic mass is 9.80. The molecule has 0 amide bonds. The van der Waals surface area contributed by atoms with Gasteiger partial charge in [0.1, 0.15) is 39.6 Å². The Hall–Kier alpha value is -5.67. The van der Waals surface area contributed by atoms with E-state index in [-0.39, 0.29) is 149 Å². The normalized spacial score (nSPS) is 18.5. The van der Waals surface area contributed by atoms with E-state index in [0.29, 0.717) is 56.7 Å². The summed E-state index contributed by atoms with van der Waals surface area (Å²) in [5, 5.41) is 0. The van der Waals surface area contributed by atoms with Gasteiger partial charge in [-0.25, -0.2) is 14.4 Å². The van der Waals surface area contributed by atoms with Crippen LogP contribution < -0.4 is 0 Å². The molecule has 3 saturated heterocycles. The minimum atomic E-state index is -0.669. The lowest BCUT2D eigenvalue weighted by Crippen LogP contribution is -2.41. The monoisotopic (exact) mass is 1220 g/mol. The second kappa shape index (κ2) is 39.3. The van der Waals surface area contributed by atoms with Crippen molar-refractivity contribution in [3.63, 3.8) is 0 Å². The Balaban J connectivity index is 1.52. The molecule has 3 rings (SSSR count). The van der Waals surface area contributed by atoms with Crippen molar-refractivity contribution in [2.75, 3.05) is 118 Å². The summed E-state index contributed by atoms with van der Waals surface area (Å²) in [6, 6.07) is 0. The van der Waals surface area contributed by atoms with Crippen LogP contribution in [0.5, 0.6) is 0 Å². The van der Waals surface area contributed by atoms with E-state index >= 15 is 0 Å². The molecule has 0 radical (unpaired) electrons. The molecule has 3 aliphatic heterocycles. The zero-order valence-electron chi connectivity index (χ0n) is 53.7. The van der Waals surface area contributed by atoms with Crippen LogP contribution in [-0.4, -0.2) is 187 Å². The van der Waals surface area contributed by atoms with Gasteiger partial charge >= 0.3 is 53.7 Å². The maximum atomic E-state index is 13.8. The minimum absolute atomic E-state index is 0.0110. The molecule has 0 aromatic carbocycles. The van der Waals surface area contributed by atoms with Gasteiger partial charge in [-0.05, 0) is 153 Å². The Morgan fingerprint density at radius 3 is 0.907 bits per heavy atom. The van der Waals surface area contributed by atoms with Crippen LogP contribution in [0, 0.1) is 58.7 Å². The molecule has 0 aromatic rings. The lowest BCUT2D eigenvalue weighted by molar-refractivity contribution is -0.158. The predicted octanol–water partition coefficient (Wildman–Crippen LogP) is 7.90. The molecule has 3 heterocycles. The smallest absolute Gasteiger partial charge is 0.333 e. The van der Waals surface area contributed by atoms with E-state index in [9.17, 15) is 43.2 Å². The Kier molecular flexibility index (Phi) is 34.1. The van der Waals surface area contributed by atoms with Gasteiger partial charge in [0.25, 0.3) is 0 Å². The van der Waals surface area contributed by atoms with Crippen molar-refractivity contribution in [3.8, 4) is 0 Å². The van der Waals surface area contributed by atoms with E-state index < -0.39 is 41.1 Å². The summed E-state index contributed by atoms with van der Waals surface area (Å²) in [4.78, 5) is 120. The van der Waals surface area contributed by atoms with Gasteiger partial charge in [0, 0.05) is 61.0 Å². The fraction of sp³-hybridized carbons (Fsp3) is 0.769. The van der Waals surface area contributed by atoms with Crippen molar-refractivity contribution in [1.82, 2.24) is 14.7 Å². The topological polar surface area (TPSA) is 246 Å². The molecular formula is C65H105N3O18. The van der Waals surface area contributed by atoms with Crippen molar-refractivity contribution < 1.29 is 85.8 Å². The molecule has 3 fully saturated rings. The fourth-order valence-corrected chi connectivity index (χ4v) is 11.3. The second-order valence-electron chi connectivity index (χ2n) is 24.9. The Morgan fingerprint density at radius 1 is 0.395 bits per heavy atom. The molecule has 3 aliphatic rings. The number of hydrogen-bond acceptors (Lipinski definition) is 21. The summed E-state index contributed by atoms with van der Waals surface area (Å²) in [6.07, 6.45) is 7.27. The van der Waals surface area contributed by atoms with E-state index in [2.05, 4.69) is 34.4 Å². The van der Waals surface area contributed by atoms with Gasteiger partial charge in [-0.15, -0.1) is 0 Å². The number of likely N-dealkylation sites (tertiary alicyclic amines) is 3. The summed E-state index contributed by atoms with van der Waals surface area (Å²) >= 11 is 0. The number of esters is 9. The molecule has 86 heavy (non-hydrogen) atoms. The van der Waals surface area contributed by atoms with Gasteiger partial charge in [0.05, 0.1) is 37.6 Å². The molecule has 0 saturated carbocycles. The van der Waals surface area contributed by atoms with Crippen LogP contribution in [0.1, 0.15) is 146 Å². The highest BCUT2D eigenvalue weighted by Gasteiger charge is 2.35. The summed E-state index contributed by atoms with van der Waals surface area (Å²) in [5.41, 5.74) is 0.165. The molecule has 6 atom stereocenters. The predicted molar refractivity (Wildman–Crippen MR) is 321 cm³/mol. The average molecular weight is 1220 g/mol. The highest BCUT2D eigenvalue weighted by atomic mass is 16.6. The molecule has 0 N–H and O–H groups in total. The Morgan fingerprint density at radius 2 is 0.651 bits per heavy atom. The molecule has 6 unspecified atom stereocenters. The summed E-state index contributed by atoms with van der Waals surface area (Å²) in [6.45, 7) is 35.2. The van der Waals surface area contributed by atoms with E-state index in [0.717, 1.165) is 77.8 Å². The van der Waals surface area contributed by atoms with Crippen LogP contribution in [0.25, 0.3) is 0 Å². The SMILES string of the molecule is C=C(C)C(=O)OCCOC(=O)CC(C)C1CCN(CC(C)C(=O)OCCC(CC)(CCOC(=O)C(C)CN2CCC(C(C)CC(=O)OCCOC(=O)C(=C)C)CC2)COC(=O)C(C)CN2CCC(C(C)CC(=O)OCCOC(=O)C(=C)C)CC2)CC1. The number of piperidine rings is 3. The summed E-state index contributed by atoms with van der Waals surface area (Å²) in [5.74, 6) is -3.64. The Labute approximate surface area is 512 Å². The molecule has 0 bridgehead atoms. The van der Waals surface area contributed by atoms with E-state index in [1.807, 2.05) is 48.5 Å². The van der Waals surface area contributed by atoms with Gasteiger partial charge in [-0.3, -0.25) is 28.8 Å². The zero-order chi connectivity index (χ0) is 63.9. The third kappa shape index (κ3) is 28.4. The number of hydrogen-bond donors (Lipinski definition) is 0. The molecular weight excluding hydrogens is 1110 g/mol. The Bertz CT molecular complexity index is 2130. The summed E-state index contributed by atoms with van der Waals surface area (Å²) in [7, 11) is 0. The van der Waals surface area contributed by atoms with E-state index in [1.54, 1.807) is 20.8 Å². The van der Waals surface area contributed by atoms with Crippen LogP contribution in [0.15, 0.2) is 36.5 Å². The van der Waals surface area contributed by atoms with Crippen LogP contribution in [0.2, 0.25) is 0 Å². The zero-order valence-corrected chi connectivity index (χ0v) is 53.7. The molecule has 0 spiro atoms. The highest BCUT2D eigenvalue weighted by Crippen LogP contribution is 2.34. The number of rotatable bonds is 39. The first-order valence-electron chi connectivity index (χ1n) is 31.3. The van der Waals surface area contributed by atoms with Gasteiger partial charge in [0.2, 0.25) is 0 Å². The maximum absolute atomic E-state index is 13.8. The standard InChI is InChI=1S/C65H105N3O18/c1-14-65(43-86-64(77)52(13)42-68-27-19-55(20-28-68)49(10)39-58(71)80-33-36-85-61(74)46(6)7,21-29-81-62(75)50(11)40-66-23-15-53(16-24-66)47(8)37-56(69)78-31-34-83-59(72)44(2)3)22-30-82-63(76)51(12)41-67-25-17-54(18-26-67)48(9)38-57(70)79-32-35-84-60(73)45(4)5/h47-55H,2,4,6,14-43H2,1,3,5,7-13H3. The molecule has 488 valence electrons. The molecule has 21 heteroatoms. The van der Waals surface area contributed by atoms with Crippen molar-refractivity contribution >= 4 is 53.7 Å². The van der Waals surface area contributed by atoms with Crippen LogP contribution in [-0.2, 0) is 85.8 Å². The first kappa shape index (κ1) is 74.6. The van der Waals surface area contributed by atoms with Crippen LogP contribution in [0.3, 0.4) is 0 Å². The largest absolute Gasteiger partial charge is 0.465 e. The molecule has 0 aromatic heterocycles. The van der Waals surface area contributed by atoms with E-state index in [4.69, 9.17) is 42.6 Å².